The third-order valence-corrected chi connectivity index (χ3v) is 3.60. The lowest BCUT2D eigenvalue weighted by Crippen LogP contribution is -2.58. The van der Waals surface area contributed by atoms with Gasteiger partial charge in [-0.3, -0.25) is 4.79 Å². The van der Waals surface area contributed by atoms with Crippen LogP contribution < -0.4 is 5.73 Å². The number of nitrogens with two attached hydrogens (primary N) is 1. The molecule has 1 saturated carbocycles. The van der Waals surface area contributed by atoms with Gasteiger partial charge in [-0.05, 0) is 37.0 Å². The molecule has 0 unspecified atom stereocenters. The fraction of sp³-hybridized carbons (Fsp3) is 0.462. The molecule has 0 saturated heterocycles. The fourth-order valence-electron chi connectivity index (χ4n) is 2.09. The van der Waals surface area contributed by atoms with E-state index in [1.54, 1.807) is 11.9 Å². The molecule has 0 radical (unpaired) electrons. The molecule has 1 fully saturated rings. The summed E-state index contributed by atoms with van der Waals surface area (Å²) in [5.74, 6) is 0.0405. The third-order valence-electron chi connectivity index (χ3n) is 3.35. The van der Waals surface area contributed by atoms with Crippen LogP contribution in [0.2, 0.25) is 5.02 Å². The first-order valence-corrected chi connectivity index (χ1v) is 6.18. The summed E-state index contributed by atoms with van der Waals surface area (Å²) < 4.78 is 0. The Hall–Kier alpha value is -0.770. The molecule has 0 atom stereocenters. The Morgan fingerprint density at radius 2 is 1.94 bits per heavy atom. The molecular weight excluding hydrogens is 271 g/mol. The van der Waals surface area contributed by atoms with Gasteiger partial charge in [0.15, 0.2) is 0 Å². The Balaban J connectivity index is 0.00000162. The summed E-state index contributed by atoms with van der Waals surface area (Å²) in [5, 5.41) is 0.706. The van der Waals surface area contributed by atoms with Crippen LogP contribution in [0.25, 0.3) is 0 Å². The Morgan fingerprint density at radius 1 is 1.39 bits per heavy atom. The standard InChI is InChI=1S/C13H17ClN2O.ClH/c1-16(12(17)13(15)7-2-8-13)9-10-3-5-11(14)6-4-10;/h3-6H,2,7-9,15H2,1H3;1H. The van der Waals surface area contributed by atoms with E-state index in [1.807, 2.05) is 24.3 Å². The first-order valence-electron chi connectivity index (χ1n) is 5.80. The van der Waals surface area contributed by atoms with E-state index in [9.17, 15) is 4.79 Å². The van der Waals surface area contributed by atoms with Crippen LogP contribution in [-0.2, 0) is 11.3 Å². The van der Waals surface area contributed by atoms with Crippen molar-refractivity contribution in [2.75, 3.05) is 7.05 Å². The van der Waals surface area contributed by atoms with Gasteiger partial charge in [-0.15, -0.1) is 12.4 Å². The Morgan fingerprint density at radius 3 is 2.39 bits per heavy atom. The maximum absolute atomic E-state index is 12.1. The average Bonchev–Trinajstić information content (AvgIpc) is 2.28. The van der Waals surface area contributed by atoms with Gasteiger partial charge in [0.2, 0.25) is 5.91 Å². The van der Waals surface area contributed by atoms with Gasteiger partial charge in [-0.1, -0.05) is 23.7 Å². The minimum Gasteiger partial charge on any atom is -0.340 e. The maximum Gasteiger partial charge on any atom is 0.242 e. The van der Waals surface area contributed by atoms with Crippen molar-refractivity contribution in [3.63, 3.8) is 0 Å². The van der Waals surface area contributed by atoms with E-state index >= 15 is 0 Å². The minimum absolute atomic E-state index is 0. The van der Waals surface area contributed by atoms with E-state index in [0.29, 0.717) is 11.6 Å². The molecule has 100 valence electrons. The van der Waals surface area contributed by atoms with Gasteiger partial charge in [-0.2, -0.15) is 0 Å². The van der Waals surface area contributed by atoms with E-state index in [4.69, 9.17) is 17.3 Å². The first-order chi connectivity index (χ1) is 8.01. The van der Waals surface area contributed by atoms with Gasteiger partial charge >= 0.3 is 0 Å². The van der Waals surface area contributed by atoms with Crippen LogP contribution in [0.4, 0.5) is 0 Å². The zero-order valence-corrected chi connectivity index (χ0v) is 11.9. The second-order valence-electron chi connectivity index (χ2n) is 4.80. The average molecular weight is 289 g/mol. The summed E-state index contributed by atoms with van der Waals surface area (Å²) >= 11 is 5.81. The van der Waals surface area contributed by atoms with Gasteiger partial charge in [0.05, 0.1) is 5.54 Å². The molecule has 0 spiro atoms. The summed E-state index contributed by atoms with van der Waals surface area (Å²) in [4.78, 5) is 13.8. The van der Waals surface area contributed by atoms with Crippen LogP contribution >= 0.6 is 24.0 Å². The number of rotatable bonds is 3. The number of likely N-dealkylation sites (N-methyl/N-ethyl adjacent to an activating group) is 1. The van der Waals surface area contributed by atoms with Crippen LogP contribution in [0, 0.1) is 0 Å². The monoisotopic (exact) mass is 288 g/mol. The molecule has 0 heterocycles. The highest BCUT2D eigenvalue weighted by Gasteiger charge is 2.41. The number of hydrogen-bond donors (Lipinski definition) is 1. The van der Waals surface area contributed by atoms with Crippen LogP contribution in [0.5, 0.6) is 0 Å². The zero-order chi connectivity index (χ0) is 12.5. The van der Waals surface area contributed by atoms with Crippen LogP contribution in [0.1, 0.15) is 24.8 Å². The molecule has 1 aliphatic rings. The second kappa shape index (κ2) is 5.91. The molecule has 0 bridgehead atoms. The van der Waals surface area contributed by atoms with Gasteiger partial charge in [0.25, 0.3) is 0 Å². The van der Waals surface area contributed by atoms with Crippen molar-refractivity contribution in [3.8, 4) is 0 Å². The van der Waals surface area contributed by atoms with Gasteiger partial charge in [-0.25, -0.2) is 0 Å². The molecule has 0 aromatic heterocycles. The number of hydrogen-bond acceptors (Lipinski definition) is 2. The fourth-order valence-corrected chi connectivity index (χ4v) is 2.21. The van der Waals surface area contributed by atoms with E-state index in [2.05, 4.69) is 0 Å². The van der Waals surface area contributed by atoms with Crippen molar-refractivity contribution < 1.29 is 4.79 Å². The van der Waals surface area contributed by atoms with Gasteiger partial charge < -0.3 is 10.6 Å². The summed E-state index contributed by atoms with van der Waals surface area (Å²) in [7, 11) is 1.80. The molecule has 1 aromatic carbocycles. The zero-order valence-electron chi connectivity index (χ0n) is 10.4. The number of amides is 1. The summed E-state index contributed by atoms with van der Waals surface area (Å²) in [6.45, 7) is 0.578. The van der Waals surface area contributed by atoms with Crippen molar-refractivity contribution in [2.24, 2.45) is 5.73 Å². The van der Waals surface area contributed by atoms with Gasteiger partial charge in [0, 0.05) is 18.6 Å². The predicted octanol–water partition coefficient (Wildman–Crippen LogP) is 2.60. The molecule has 2 N–H and O–H groups in total. The molecule has 1 amide bonds. The van der Waals surface area contributed by atoms with Gasteiger partial charge in [0.1, 0.15) is 0 Å². The summed E-state index contributed by atoms with van der Waals surface area (Å²) in [5.41, 5.74) is 6.47. The van der Waals surface area contributed by atoms with Crippen LogP contribution in [0.15, 0.2) is 24.3 Å². The third kappa shape index (κ3) is 3.16. The molecule has 3 nitrogen and oxygen atoms in total. The van der Waals surface area contributed by atoms with Crippen LogP contribution in [0.3, 0.4) is 0 Å². The molecule has 2 rings (SSSR count). The minimum atomic E-state index is -0.610. The van der Waals surface area contributed by atoms with Crippen molar-refractivity contribution in [1.82, 2.24) is 4.90 Å². The molecule has 1 aromatic rings. The molecule has 0 aliphatic heterocycles. The van der Waals surface area contributed by atoms with E-state index in [-0.39, 0.29) is 18.3 Å². The van der Waals surface area contributed by atoms with E-state index in [0.717, 1.165) is 24.8 Å². The topological polar surface area (TPSA) is 46.3 Å². The SMILES string of the molecule is CN(Cc1ccc(Cl)cc1)C(=O)C1(N)CCC1.Cl. The highest BCUT2D eigenvalue weighted by atomic mass is 35.5. The highest BCUT2D eigenvalue weighted by Crippen LogP contribution is 2.31. The first kappa shape index (κ1) is 15.3. The lowest BCUT2D eigenvalue weighted by molar-refractivity contribution is -0.139. The lowest BCUT2D eigenvalue weighted by atomic mass is 9.76. The smallest absolute Gasteiger partial charge is 0.242 e. The van der Waals surface area contributed by atoms with Crippen molar-refractivity contribution >= 4 is 29.9 Å². The number of nitrogens with zero attached hydrogens (tertiary/aromatic N) is 1. The lowest BCUT2D eigenvalue weighted by Gasteiger charge is -2.39. The summed E-state index contributed by atoms with van der Waals surface area (Å²) in [6.07, 6.45) is 2.66. The number of benzene rings is 1. The molecule has 18 heavy (non-hydrogen) atoms. The largest absolute Gasteiger partial charge is 0.340 e. The normalized spacial score (nSPS) is 16.4. The Bertz CT molecular complexity index is 416. The van der Waals surface area contributed by atoms with Crippen molar-refractivity contribution in [1.29, 1.82) is 0 Å². The van der Waals surface area contributed by atoms with E-state index < -0.39 is 5.54 Å². The maximum atomic E-state index is 12.1. The number of halogens is 2. The number of carbonyl (C=O) groups is 1. The quantitative estimate of drug-likeness (QED) is 0.929. The molecule has 1 aliphatic carbocycles. The Kier molecular flexibility index (Phi) is 5.02. The van der Waals surface area contributed by atoms with Crippen molar-refractivity contribution in [2.45, 2.75) is 31.3 Å². The molecular formula is C13H18Cl2N2O. The highest BCUT2D eigenvalue weighted by molar-refractivity contribution is 6.30. The van der Waals surface area contributed by atoms with Crippen LogP contribution in [-0.4, -0.2) is 23.4 Å². The Labute approximate surface area is 119 Å². The predicted molar refractivity (Wildman–Crippen MR) is 75.9 cm³/mol. The summed E-state index contributed by atoms with van der Waals surface area (Å²) in [6, 6.07) is 7.51. The number of carbonyl (C=O) groups excluding carboxylic acids is 1. The van der Waals surface area contributed by atoms with E-state index in [1.165, 1.54) is 0 Å². The second-order valence-corrected chi connectivity index (χ2v) is 5.23. The molecule has 5 heteroatoms. The van der Waals surface area contributed by atoms with Crippen molar-refractivity contribution in [3.05, 3.63) is 34.9 Å².